The molecule has 140 valence electrons. The van der Waals surface area contributed by atoms with E-state index in [1.807, 2.05) is 25.1 Å². The molecule has 25 heavy (non-hydrogen) atoms. The minimum absolute atomic E-state index is 0.110. The van der Waals surface area contributed by atoms with Gasteiger partial charge in [0.05, 0.1) is 20.8 Å². The molecule has 0 aliphatic carbocycles. The van der Waals surface area contributed by atoms with Crippen LogP contribution in [0.1, 0.15) is 12.5 Å². The second-order valence-corrected chi connectivity index (χ2v) is 6.09. The molecule has 0 aromatic heterocycles. The lowest BCUT2D eigenvalue weighted by Crippen LogP contribution is -2.52. The van der Waals surface area contributed by atoms with E-state index in [0.29, 0.717) is 34.9 Å². The summed E-state index contributed by atoms with van der Waals surface area (Å²) in [5.41, 5.74) is 6.78. The average Bonchev–Trinajstić information content (AvgIpc) is 2.60. The van der Waals surface area contributed by atoms with Crippen molar-refractivity contribution in [3.05, 3.63) is 23.8 Å². The van der Waals surface area contributed by atoms with Crippen molar-refractivity contribution in [2.75, 3.05) is 34.5 Å². The minimum atomic E-state index is 0.110. The van der Waals surface area contributed by atoms with Gasteiger partial charge in [-0.2, -0.15) is 0 Å². The van der Waals surface area contributed by atoms with Crippen LogP contribution in [0.3, 0.4) is 0 Å². The topological polar surface area (TPSA) is 75.8 Å². The molecule has 0 amide bonds. The number of rotatable bonds is 8. The molecular formula is C16H26N4O3S2. The van der Waals surface area contributed by atoms with Crippen LogP contribution in [0.25, 0.3) is 0 Å². The molecule has 1 aromatic rings. The first kappa shape index (κ1) is 21.2. The molecule has 4 N–H and O–H groups in total. The van der Waals surface area contributed by atoms with E-state index in [4.69, 9.17) is 38.6 Å². The van der Waals surface area contributed by atoms with Gasteiger partial charge in [0.2, 0.25) is 0 Å². The van der Waals surface area contributed by atoms with E-state index >= 15 is 0 Å². The second kappa shape index (κ2) is 11.7. The lowest BCUT2D eigenvalue weighted by molar-refractivity contribution is 0.179. The van der Waals surface area contributed by atoms with Crippen molar-refractivity contribution in [3.63, 3.8) is 0 Å². The van der Waals surface area contributed by atoms with Crippen molar-refractivity contribution >= 4 is 34.7 Å². The summed E-state index contributed by atoms with van der Waals surface area (Å²) in [7, 11) is 4.88. The predicted octanol–water partition coefficient (Wildman–Crippen LogP) is 1.12. The summed E-state index contributed by atoms with van der Waals surface area (Å²) >= 11 is 10.3. The maximum atomic E-state index is 5.29. The molecule has 1 aromatic carbocycles. The average molecular weight is 387 g/mol. The Hall–Kier alpha value is -1.84. The van der Waals surface area contributed by atoms with Crippen LogP contribution in [0.5, 0.6) is 11.5 Å². The molecule has 1 atom stereocenters. The number of hydrazine groups is 1. The van der Waals surface area contributed by atoms with Gasteiger partial charge in [-0.1, -0.05) is 6.07 Å². The molecular weight excluding hydrogens is 360 g/mol. The molecule has 0 saturated heterocycles. The Morgan fingerprint density at radius 3 is 2.36 bits per heavy atom. The summed E-state index contributed by atoms with van der Waals surface area (Å²) in [5.74, 6) is 1.42. The maximum Gasteiger partial charge on any atom is 0.185 e. The van der Waals surface area contributed by atoms with Gasteiger partial charge in [-0.3, -0.25) is 10.9 Å². The number of nitrogens with one attached hydrogen (secondary N) is 4. The quantitative estimate of drug-likeness (QED) is 0.388. The van der Waals surface area contributed by atoms with E-state index in [2.05, 4.69) is 21.5 Å². The van der Waals surface area contributed by atoms with Gasteiger partial charge in [-0.05, 0) is 55.5 Å². The van der Waals surface area contributed by atoms with Crippen molar-refractivity contribution in [2.24, 2.45) is 0 Å². The molecule has 1 unspecified atom stereocenters. The summed E-state index contributed by atoms with van der Waals surface area (Å²) in [6.07, 6.45) is 0.787. The summed E-state index contributed by atoms with van der Waals surface area (Å²) in [4.78, 5) is 0. The highest BCUT2D eigenvalue weighted by atomic mass is 32.1. The largest absolute Gasteiger partial charge is 0.493 e. The Morgan fingerprint density at radius 2 is 1.72 bits per heavy atom. The summed E-state index contributed by atoms with van der Waals surface area (Å²) in [6.45, 7) is 3.20. The van der Waals surface area contributed by atoms with Crippen LogP contribution in [-0.4, -0.2) is 50.7 Å². The van der Waals surface area contributed by atoms with E-state index in [9.17, 15) is 0 Å². The summed E-state index contributed by atoms with van der Waals surface area (Å²) in [6, 6.07) is 5.94. The number of hydrogen-bond donors (Lipinski definition) is 4. The lowest BCUT2D eigenvalue weighted by atomic mass is 10.1. The number of benzene rings is 1. The van der Waals surface area contributed by atoms with Crippen molar-refractivity contribution in [1.29, 1.82) is 0 Å². The Bertz CT molecular complexity index is 572. The lowest BCUT2D eigenvalue weighted by Gasteiger charge is -2.17. The fraction of sp³-hybridized carbons (Fsp3) is 0.500. The molecule has 0 heterocycles. The highest BCUT2D eigenvalue weighted by molar-refractivity contribution is 7.80. The van der Waals surface area contributed by atoms with E-state index in [1.54, 1.807) is 21.3 Å². The first-order chi connectivity index (χ1) is 12.0. The SMILES string of the molecule is COCC(C)NC(=S)NNC(=S)NCCc1ccc(OC)c(OC)c1. The van der Waals surface area contributed by atoms with Crippen molar-refractivity contribution < 1.29 is 14.2 Å². The molecule has 0 radical (unpaired) electrons. The standard InChI is InChI=1S/C16H26N4O3S2/c1-11(10-21-2)18-16(25)20-19-15(24)17-8-7-12-5-6-13(22-3)14(9-12)23-4/h5-6,9,11H,7-8,10H2,1-4H3,(H2,17,19,24)(H2,18,20,25). The Labute approximate surface area is 159 Å². The summed E-state index contributed by atoms with van der Waals surface area (Å²) in [5, 5.41) is 7.08. The third kappa shape index (κ3) is 8.19. The molecule has 0 spiro atoms. The van der Waals surface area contributed by atoms with Crippen molar-refractivity contribution in [2.45, 2.75) is 19.4 Å². The molecule has 0 saturated carbocycles. The Morgan fingerprint density at radius 1 is 1.04 bits per heavy atom. The van der Waals surface area contributed by atoms with E-state index in [-0.39, 0.29) is 6.04 Å². The predicted molar refractivity (Wildman–Crippen MR) is 107 cm³/mol. The monoisotopic (exact) mass is 386 g/mol. The first-order valence-electron chi connectivity index (χ1n) is 7.80. The van der Waals surface area contributed by atoms with E-state index in [0.717, 1.165) is 12.0 Å². The van der Waals surface area contributed by atoms with Gasteiger partial charge in [0.25, 0.3) is 0 Å². The Balaban J connectivity index is 2.29. The number of methoxy groups -OCH3 is 3. The van der Waals surface area contributed by atoms with Gasteiger partial charge < -0.3 is 24.8 Å². The Kier molecular flexibility index (Phi) is 9.90. The molecule has 0 aliphatic heterocycles. The second-order valence-electron chi connectivity index (χ2n) is 5.28. The highest BCUT2D eigenvalue weighted by Gasteiger charge is 2.05. The van der Waals surface area contributed by atoms with Gasteiger partial charge >= 0.3 is 0 Å². The van der Waals surface area contributed by atoms with Crippen LogP contribution in [0.15, 0.2) is 18.2 Å². The first-order valence-corrected chi connectivity index (χ1v) is 8.62. The molecule has 0 aliphatic rings. The molecule has 1 rings (SSSR count). The van der Waals surface area contributed by atoms with Crippen LogP contribution < -0.4 is 31.0 Å². The fourth-order valence-electron chi connectivity index (χ4n) is 2.07. The molecule has 7 nitrogen and oxygen atoms in total. The van der Waals surface area contributed by atoms with Gasteiger partial charge in [0, 0.05) is 19.7 Å². The van der Waals surface area contributed by atoms with Crippen LogP contribution in [-0.2, 0) is 11.2 Å². The third-order valence-electron chi connectivity index (χ3n) is 3.23. The molecule has 0 fully saturated rings. The van der Waals surface area contributed by atoms with Gasteiger partial charge in [-0.15, -0.1) is 0 Å². The van der Waals surface area contributed by atoms with Gasteiger partial charge in [0.15, 0.2) is 21.7 Å². The highest BCUT2D eigenvalue weighted by Crippen LogP contribution is 2.27. The van der Waals surface area contributed by atoms with Crippen molar-refractivity contribution in [3.8, 4) is 11.5 Å². The van der Waals surface area contributed by atoms with Crippen molar-refractivity contribution in [1.82, 2.24) is 21.5 Å². The number of hydrogen-bond acceptors (Lipinski definition) is 5. The number of thiocarbonyl (C=S) groups is 2. The molecule has 9 heteroatoms. The van der Waals surface area contributed by atoms with Crippen LogP contribution in [0.4, 0.5) is 0 Å². The van der Waals surface area contributed by atoms with Gasteiger partial charge in [-0.25, -0.2) is 0 Å². The maximum absolute atomic E-state index is 5.29. The van der Waals surface area contributed by atoms with Crippen LogP contribution >= 0.6 is 24.4 Å². The van der Waals surface area contributed by atoms with Crippen LogP contribution in [0.2, 0.25) is 0 Å². The minimum Gasteiger partial charge on any atom is -0.493 e. The summed E-state index contributed by atoms with van der Waals surface area (Å²) < 4.78 is 15.6. The zero-order valence-electron chi connectivity index (χ0n) is 15.0. The smallest absolute Gasteiger partial charge is 0.185 e. The van der Waals surface area contributed by atoms with Crippen LogP contribution in [0, 0.1) is 0 Å². The van der Waals surface area contributed by atoms with E-state index < -0.39 is 0 Å². The normalized spacial score (nSPS) is 11.2. The van der Waals surface area contributed by atoms with Gasteiger partial charge in [0.1, 0.15) is 0 Å². The fourth-order valence-corrected chi connectivity index (χ4v) is 2.47. The zero-order valence-corrected chi connectivity index (χ0v) is 16.6. The molecule has 0 bridgehead atoms. The number of ether oxygens (including phenoxy) is 3. The third-order valence-corrected chi connectivity index (χ3v) is 3.70. The zero-order chi connectivity index (χ0) is 18.7. The van der Waals surface area contributed by atoms with E-state index in [1.165, 1.54) is 0 Å².